The summed E-state index contributed by atoms with van der Waals surface area (Å²) in [6.07, 6.45) is 8.96. The maximum absolute atomic E-state index is 4.59. The highest BCUT2D eigenvalue weighted by Gasteiger charge is 2.31. The average Bonchev–Trinajstić information content (AvgIpc) is 2.50. The van der Waals surface area contributed by atoms with Gasteiger partial charge in [0.25, 0.3) is 0 Å². The van der Waals surface area contributed by atoms with Gasteiger partial charge >= 0.3 is 0 Å². The lowest BCUT2D eigenvalue weighted by Gasteiger charge is -2.36. The van der Waals surface area contributed by atoms with E-state index in [2.05, 4.69) is 40.7 Å². The van der Waals surface area contributed by atoms with Gasteiger partial charge in [-0.1, -0.05) is 19.3 Å². The number of aromatic nitrogens is 2. The first-order valence-corrected chi connectivity index (χ1v) is 9.21. The summed E-state index contributed by atoms with van der Waals surface area (Å²) in [5.41, 5.74) is 1.12. The molecule has 4 nitrogen and oxygen atoms in total. The zero-order chi connectivity index (χ0) is 15.3. The van der Waals surface area contributed by atoms with Crippen LogP contribution in [-0.4, -0.2) is 34.1 Å². The van der Waals surface area contributed by atoms with Gasteiger partial charge in [0.1, 0.15) is 17.5 Å². The Labute approximate surface area is 132 Å². The van der Waals surface area contributed by atoms with Crippen LogP contribution in [0, 0.1) is 13.8 Å². The van der Waals surface area contributed by atoms with E-state index in [1.807, 2.05) is 18.7 Å². The summed E-state index contributed by atoms with van der Waals surface area (Å²) in [6, 6.07) is 0. The molecule has 2 rings (SSSR count). The van der Waals surface area contributed by atoms with Crippen LogP contribution in [0.1, 0.15) is 50.4 Å². The summed E-state index contributed by atoms with van der Waals surface area (Å²) in [7, 11) is 0. The monoisotopic (exact) mass is 308 g/mol. The highest BCUT2D eigenvalue weighted by atomic mass is 32.2. The summed E-state index contributed by atoms with van der Waals surface area (Å²) in [4.78, 5) is 9.08. The van der Waals surface area contributed by atoms with Gasteiger partial charge < -0.3 is 10.6 Å². The number of rotatable bonds is 6. The van der Waals surface area contributed by atoms with E-state index in [-0.39, 0.29) is 0 Å². The fourth-order valence-electron chi connectivity index (χ4n) is 3.03. The van der Waals surface area contributed by atoms with Gasteiger partial charge in [0.15, 0.2) is 0 Å². The average molecular weight is 308 g/mol. The lowest BCUT2D eigenvalue weighted by atomic mass is 9.88. The first kappa shape index (κ1) is 16.4. The Morgan fingerprint density at radius 3 is 2.24 bits per heavy atom. The van der Waals surface area contributed by atoms with Crippen LogP contribution in [0.2, 0.25) is 0 Å². The fourth-order valence-corrected chi connectivity index (χ4v) is 3.95. The van der Waals surface area contributed by atoms with Crippen molar-refractivity contribution in [1.82, 2.24) is 9.97 Å². The number of hydrogen-bond donors (Lipinski definition) is 2. The van der Waals surface area contributed by atoms with Crippen LogP contribution in [0.5, 0.6) is 0 Å². The first-order chi connectivity index (χ1) is 10.1. The van der Waals surface area contributed by atoms with Gasteiger partial charge in [-0.3, -0.25) is 0 Å². The maximum Gasteiger partial charge on any atom is 0.134 e. The molecular formula is C16H28N4S. The van der Waals surface area contributed by atoms with Crippen molar-refractivity contribution in [2.24, 2.45) is 0 Å². The molecule has 1 aromatic rings. The zero-order valence-electron chi connectivity index (χ0n) is 13.8. The molecule has 0 atom stereocenters. The molecule has 118 valence electrons. The van der Waals surface area contributed by atoms with Crippen molar-refractivity contribution in [2.75, 3.05) is 30.0 Å². The summed E-state index contributed by atoms with van der Waals surface area (Å²) >= 11 is 2.02. The molecule has 21 heavy (non-hydrogen) atoms. The van der Waals surface area contributed by atoms with E-state index in [0.29, 0.717) is 4.75 Å². The van der Waals surface area contributed by atoms with Crippen molar-refractivity contribution in [3.63, 3.8) is 0 Å². The van der Waals surface area contributed by atoms with Crippen LogP contribution in [0.15, 0.2) is 0 Å². The molecule has 0 saturated heterocycles. The molecule has 0 spiro atoms. The van der Waals surface area contributed by atoms with E-state index in [1.165, 1.54) is 32.1 Å². The topological polar surface area (TPSA) is 49.8 Å². The Balaban J connectivity index is 2.11. The van der Waals surface area contributed by atoms with Crippen LogP contribution in [0.4, 0.5) is 11.6 Å². The fraction of sp³-hybridized carbons (Fsp3) is 0.750. The summed E-state index contributed by atoms with van der Waals surface area (Å²) in [6.45, 7) is 8.01. The molecule has 1 aliphatic rings. The summed E-state index contributed by atoms with van der Waals surface area (Å²) in [5.74, 6) is 2.76. The molecule has 0 unspecified atom stereocenters. The normalized spacial score (nSPS) is 17.5. The van der Waals surface area contributed by atoms with E-state index in [1.54, 1.807) is 0 Å². The Kier molecular flexibility index (Phi) is 5.73. The van der Waals surface area contributed by atoms with Crippen LogP contribution in [-0.2, 0) is 0 Å². The Morgan fingerprint density at radius 1 is 1.05 bits per heavy atom. The van der Waals surface area contributed by atoms with E-state index in [0.717, 1.165) is 36.1 Å². The zero-order valence-corrected chi connectivity index (χ0v) is 14.6. The van der Waals surface area contributed by atoms with E-state index < -0.39 is 0 Å². The van der Waals surface area contributed by atoms with Crippen LogP contribution < -0.4 is 10.6 Å². The molecule has 1 fully saturated rings. The second-order valence-electron chi connectivity index (χ2n) is 5.92. The molecule has 0 radical (unpaired) electrons. The number of anilines is 2. The van der Waals surface area contributed by atoms with Crippen molar-refractivity contribution in [3.05, 3.63) is 11.4 Å². The van der Waals surface area contributed by atoms with Crippen molar-refractivity contribution in [3.8, 4) is 0 Å². The Bertz CT molecular complexity index is 470. The van der Waals surface area contributed by atoms with E-state index in [9.17, 15) is 0 Å². The Hall–Kier alpha value is -0.970. The van der Waals surface area contributed by atoms with Crippen molar-refractivity contribution < 1.29 is 0 Å². The second kappa shape index (κ2) is 7.34. The molecule has 1 heterocycles. The van der Waals surface area contributed by atoms with Gasteiger partial charge in [0.05, 0.1) is 0 Å². The van der Waals surface area contributed by atoms with Gasteiger partial charge in [-0.15, -0.1) is 0 Å². The molecule has 1 saturated carbocycles. The SMILES string of the molecule is CCNc1nc(C)nc(NCC2(SC)CCCCC2)c1C. The number of thioether (sulfide) groups is 1. The number of nitrogens with one attached hydrogen (secondary N) is 2. The van der Waals surface area contributed by atoms with Gasteiger partial charge in [0.2, 0.25) is 0 Å². The highest BCUT2D eigenvalue weighted by Crippen LogP contribution is 2.38. The van der Waals surface area contributed by atoms with Crippen molar-refractivity contribution in [2.45, 2.75) is 57.6 Å². The molecule has 1 aliphatic carbocycles. The number of nitrogens with zero attached hydrogens (tertiary/aromatic N) is 2. The van der Waals surface area contributed by atoms with Crippen molar-refractivity contribution in [1.29, 1.82) is 0 Å². The third kappa shape index (κ3) is 4.02. The second-order valence-corrected chi connectivity index (χ2v) is 7.20. The Morgan fingerprint density at radius 2 is 1.67 bits per heavy atom. The molecule has 0 aromatic carbocycles. The third-order valence-electron chi connectivity index (χ3n) is 4.38. The van der Waals surface area contributed by atoms with Crippen LogP contribution in [0.3, 0.4) is 0 Å². The quantitative estimate of drug-likeness (QED) is 0.832. The third-order valence-corrected chi connectivity index (χ3v) is 5.80. The van der Waals surface area contributed by atoms with Gasteiger partial charge in [-0.2, -0.15) is 11.8 Å². The van der Waals surface area contributed by atoms with E-state index >= 15 is 0 Å². The number of aryl methyl sites for hydroxylation is 1. The molecule has 0 amide bonds. The summed E-state index contributed by atoms with van der Waals surface area (Å²) < 4.78 is 0.377. The van der Waals surface area contributed by atoms with Crippen LogP contribution in [0.25, 0.3) is 0 Å². The van der Waals surface area contributed by atoms with E-state index in [4.69, 9.17) is 0 Å². The van der Waals surface area contributed by atoms with Gasteiger partial charge in [0, 0.05) is 23.4 Å². The van der Waals surface area contributed by atoms with Crippen LogP contribution >= 0.6 is 11.8 Å². The van der Waals surface area contributed by atoms with Gasteiger partial charge in [-0.25, -0.2) is 9.97 Å². The molecule has 2 N–H and O–H groups in total. The minimum Gasteiger partial charge on any atom is -0.370 e. The molecular weight excluding hydrogens is 280 g/mol. The molecule has 0 bridgehead atoms. The molecule has 1 aromatic heterocycles. The minimum absolute atomic E-state index is 0.377. The predicted molar refractivity (Wildman–Crippen MR) is 93.5 cm³/mol. The largest absolute Gasteiger partial charge is 0.370 e. The lowest BCUT2D eigenvalue weighted by molar-refractivity contribution is 0.411. The maximum atomic E-state index is 4.59. The summed E-state index contributed by atoms with van der Waals surface area (Å²) in [5, 5.41) is 6.92. The number of hydrogen-bond acceptors (Lipinski definition) is 5. The van der Waals surface area contributed by atoms with Gasteiger partial charge in [-0.05, 0) is 39.9 Å². The predicted octanol–water partition coefficient (Wildman–Crippen LogP) is 4.00. The smallest absolute Gasteiger partial charge is 0.134 e. The first-order valence-electron chi connectivity index (χ1n) is 7.98. The van der Waals surface area contributed by atoms with Crippen molar-refractivity contribution >= 4 is 23.4 Å². The molecule has 0 aliphatic heterocycles. The standard InChI is InChI=1S/C16H28N4S/c1-5-17-14-12(2)15(20-13(3)19-14)18-11-16(21-4)9-7-6-8-10-16/h5-11H2,1-4H3,(H2,17,18,19,20). The minimum atomic E-state index is 0.377. The highest BCUT2D eigenvalue weighted by molar-refractivity contribution is 8.00. The molecule has 5 heteroatoms. The lowest BCUT2D eigenvalue weighted by Crippen LogP contribution is -2.36.